The molecule has 7 nitrogen and oxygen atoms in total. The minimum Gasteiger partial charge on any atom is -0.457 e. The summed E-state index contributed by atoms with van der Waals surface area (Å²) < 4.78 is 6.58. The largest absolute Gasteiger partial charge is 0.457 e. The van der Waals surface area contributed by atoms with Crippen LogP contribution in [0.1, 0.15) is 16.9 Å². The Morgan fingerprint density at radius 2 is 1.94 bits per heavy atom. The van der Waals surface area contributed by atoms with E-state index in [4.69, 9.17) is 4.42 Å². The Kier molecular flexibility index (Phi) is 5.79. The second-order valence-electron chi connectivity index (χ2n) is 6.82. The van der Waals surface area contributed by atoms with Crippen molar-refractivity contribution in [3.63, 3.8) is 0 Å². The molecule has 1 fully saturated rings. The monoisotopic (exact) mass is 498 g/mol. The number of furan rings is 1. The third-order valence-electron chi connectivity index (χ3n) is 4.75. The molecule has 2 heterocycles. The molecule has 2 aromatic carbocycles. The van der Waals surface area contributed by atoms with Crippen LogP contribution in [0.25, 0.3) is 17.4 Å². The van der Waals surface area contributed by atoms with Gasteiger partial charge in [0.1, 0.15) is 11.5 Å². The number of carbonyl (C=O) groups is 2. The smallest absolute Gasteiger partial charge is 0.293 e. The molecule has 3 aromatic rings. The van der Waals surface area contributed by atoms with Crippen LogP contribution in [0, 0.1) is 17.0 Å². The minimum atomic E-state index is -0.441. The number of thioether (sulfide) groups is 1. The van der Waals surface area contributed by atoms with Crippen molar-refractivity contribution in [1.82, 2.24) is 4.90 Å². The Morgan fingerprint density at radius 3 is 2.68 bits per heavy atom. The Hall–Kier alpha value is -3.17. The lowest BCUT2D eigenvalue weighted by Gasteiger charge is -2.13. The molecule has 0 unspecified atom stereocenters. The molecule has 0 radical (unpaired) electrons. The molecule has 156 valence electrons. The maximum absolute atomic E-state index is 12.8. The van der Waals surface area contributed by atoms with Crippen LogP contribution in [0.5, 0.6) is 0 Å². The zero-order chi connectivity index (χ0) is 22.1. The van der Waals surface area contributed by atoms with Gasteiger partial charge in [0.25, 0.3) is 16.8 Å². The predicted molar refractivity (Wildman–Crippen MR) is 121 cm³/mol. The van der Waals surface area contributed by atoms with Gasteiger partial charge in [0, 0.05) is 27.7 Å². The van der Waals surface area contributed by atoms with E-state index in [-0.39, 0.29) is 22.4 Å². The van der Waals surface area contributed by atoms with E-state index < -0.39 is 10.8 Å². The SMILES string of the molecule is Cc1ccc(-c2ccc(/C=C3\SC(=O)N(Cc4ccccc4Br)C3=O)o2)cc1[N+](=O)[O-]. The number of nitro groups is 1. The van der Waals surface area contributed by atoms with Gasteiger partial charge in [-0.25, -0.2) is 0 Å². The first-order chi connectivity index (χ1) is 14.8. The summed E-state index contributed by atoms with van der Waals surface area (Å²) >= 11 is 4.28. The fraction of sp³-hybridized carbons (Fsp3) is 0.0909. The number of imide groups is 1. The van der Waals surface area contributed by atoms with Gasteiger partial charge in [0.15, 0.2) is 0 Å². The molecule has 0 atom stereocenters. The van der Waals surface area contributed by atoms with E-state index in [2.05, 4.69) is 15.9 Å². The van der Waals surface area contributed by atoms with Gasteiger partial charge in [-0.15, -0.1) is 0 Å². The standard InChI is InChI=1S/C22H15BrN2O5S/c1-13-6-7-14(10-18(13)25(28)29)19-9-8-16(30-19)11-20-21(26)24(22(27)31-20)12-15-4-2-3-5-17(15)23/h2-11H,12H2,1H3/b20-11-. The van der Waals surface area contributed by atoms with E-state index in [1.807, 2.05) is 24.3 Å². The zero-order valence-electron chi connectivity index (χ0n) is 16.2. The minimum absolute atomic E-state index is 0.00337. The van der Waals surface area contributed by atoms with Crippen molar-refractivity contribution in [2.24, 2.45) is 0 Å². The highest BCUT2D eigenvalue weighted by Gasteiger charge is 2.35. The maximum Gasteiger partial charge on any atom is 0.293 e. The molecule has 0 aliphatic carbocycles. The highest BCUT2D eigenvalue weighted by molar-refractivity contribution is 9.10. The third kappa shape index (κ3) is 4.33. The molecule has 1 saturated heterocycles. The molecule has 2 amide bonds. The van der Waals surface area contributed by atoms with Crippen LogP contribution >= 0.6 is 27.7 Å². The molecular formula is C22H15BrN2O5S. The highest BCUT2D eigenvalue weighted by Crippen LogP contribution is 2.35. The van der Waals surface area contributed by atoms with Crippen LogP contribution in [-0.2, 0) is 11.3 Å². The molecule has 1 aliphatic rings. The van der Waals surface area contributed by atoms with Gasteiger partial charge in [0.05, 0.1) is 16.4 Å². The van der Waals surface area contributed by atoms with Crippen LogP contribution in [-0.4, -0.2) is 21.0 Å². The number of nitro benzene ring substituents is 1. The molecule has 0 bridgehead atoms. The number of rotatable bonds is 5. The topological polar surface area (TPSA) is 93.7 Å². The number of aryl methyl sites for hydroxylation is 1. The summed E-state index contributed by atoms with van der Waals surface area (Å²) in [6, 6.07) is 15.6. The lowest BCUT2D eigenvalue weighted by Crippen LogP contribution is -2.27. The molecule has 0 saturated carbocycles. The normalized spacial score (nSPS) is 15.2. The molecule has 31 heavy (non-hydrogen) atoms. The van der Waals surface area contributed by atoms with Crippen molar-refractivity contribution in [1.29, 1.82) is 0 Å². The van der Waals surface area contributed by atoms with Gasteiger partial charge in [0.2, 0.25) is 0 Å². The van der Waals surface area contributed by atoms with E-state index in [0.717, 1.165) is 21.8 Å². The summed E-state index contributed by atoms with van der Waals surface area (Å²) in [5, 5.41) is 10.8. The lowest BCUT2D eigenvalue weighted by atomic mass is 10.1. The molecule has 1 aromatic heterocycles. The van der Waals surface area contributed by atoms with Crippen LogP contribution in [0.15, 0.2) is 68.4 Å². The summed E-state index contributed by atoms with van der Waals surface area (Å²) in [4.78, 5) is 37.3. The number of halogens is 1. The van der Waals surface area contributed by atoms with Crippen LogP contribution < -0.4 is 0 Å². The fourth-order valence-electron chi connectivity index (χ4n) is 3.11. The second kappa shape index (κ2) is 8.52. The van der Waals surface area contributed by atoms with Crippen molar-refractivity contribution in [3.05, 3.63) is 91.0 Å². The third-order valence-corrected chi connectivity index (χ3v) is 6.43. The molecular weight excluding hydrogens is 484 g/mol. The quantitative estimate of drug-likeness (QED) is 0.237. The van der Waals surface area contributed by atoms with Gasteiger partial charge in [-0.05, 0) is 42.4 Å². The van der Waals surface area contributed by atoms with Crippen LogP contribution in [0.4, 0.5) is 10.5 Å². The van der Waals surface area contributed by atoms with Crippen molar-refractivity contribution < 1.29 is 18.9 Å². The molecule has 0 N–H and O–H groups in total. The number of benzene rings is 2. The van der Waals surface area contributed by atoms with Crippen LogP contribution in [0.2, 0.25) is 0 Å². The Morgan fingerprint density at radius 1 is 1.16 bits per heavy atom. The molecule has 1 aliphatic heterocycles. The average molecular weight is 499 g/mol. The number of hydrogen-bond donors (Lipinski definition) is 0. The van der Waals surface area contributed by atoms with Crippen molar-refractivity contribution in [2.45, 2.75) is 13.5 Å². The summed E-state index contributed by atoms with van der Waals surface area (Å²) in [6.45, 7) is 1.83. The second-order valence-corrected chi connectivity index (χ2v) is 8.67. The van der Waals surface area contributed by atoms with E-state index in [1.54, 1.807) is 31.2 Å². The van der Waals surface area contributed by atoms with E-state index in [0.29, 0.717) is 22.6 Å². The van der Waals surface area contributed by atoms with E-state index >= 15 is 0 Å². The van der Waals surface area contributed by atoms with Gasteiger partial charge in [-0.1, -0.05) is 46.3 Å². The lowest BCUT2D eigenvalue weighted by molar-refractivity contribution is -0.385. The first-order valence-electron chi connectivity index (χ1n) is 9.17. The van der Waals surface area contributed by atoms with Gasteiger partial charge in [-0.2, -0.15) is 0 Å². The van der Waals surface area contributed by atoms with Gasteiger partial charge < -0.3 is 4.42 Å². The van der Waals surface area contributed by atoms with E-state index in [9.17, 15) is 19.7 Å². The zero-order valence-corrected chi connectivity index (χ0v) is 18.6. The molecule has 9 heteroatoms. The predicted octanol–water partition coefficient (Wildman–Crippen LogP) is 6.16. The average Bonchev–Trinajstić information content (AvgIpc) is 3.30. The summed E-state index contributed by atoms with van der Waals surface area (Å²) in [7, 11) is 0. The van der Waals surface area contributed by atoms with Crippen molar-refractivity contribution in [2.75, 3.05) is 0 Å². The number of hydrogen-bond acceptors (Lipinski definition) is 6. The van der Waals surface area contributed by atoms with Crippen molar-refractivity contribution >= 4 is 50.6 Å². The van der Waals surface area contributed by atoms with E-state index in [1.165, 1.54) is 17.0 Å². The Labute approximate surface area is 190 Å². The maximum atomic E-state index is 12.8. The van der Waals surface area contributed by atoms with Crippen molar-refractivity contribution in [3.8, 4) is 11.3 Å². The highest BCUT2D eigenvalue weighted by atomic mass is 79.9. The number of carbonyl (C=O) groups excluding carboxylic acids is 2. The Bertz CT molecular complexity index is 1250. The summed E-state index contributed by atoms with van der Waals surface area (Å²) in [5.41, 5.74) is 1.94. The Balaban J connectivity index is 1.56. The first kappa shape index (κ1) is 21.1. The van der Waals surface area contributed by atoms with Crippen LogP contribution in [0.3, 0.4) is 0 Å². The fourth-order valence-corrected chi connectivity index (χ4v) is 4.34. The molecule has 4 rings (SSSR count). The van der Waals surface area contributed by atoms with Gasteiger partial charge >= 0.3 is 0 Å². The first-order valence-corrected chi connectivity index (χ1v) is 10.8. The summed E-state index contributed by atoms with van der Waals surface area (Å²) in [5.74, 6) is 0.418. The summed E-state index contributed by atoms with van der Waals surface area (Å²) in [6.07, 6.45) is 1.51. The number of amides is 2. The number of nitrogens with zero attached hydrogens (tertiary/aromatic N) is 2. The van der Waals surface area contributed by atoms with Gasteiger partial charge in [-0.3, -0.25) is 24.6 Å². The molecule has 0 spiro atoms.